The fourth-order valence-corrected chi connectivity index (χ4v) is 1.45. The Morgan fingerprint density at radius 3 is 3.00 bits per heavy atom. The van der Waals surface area contributed by atoms with Gasteiger partial charge >= 0.3 is 0 Å². The zero-order valence-corrected chi connectivity index (χ0v) is 6.82. The molecular formula is C8H12N2O2. The second-order valence-electron chi connectivity index (χ2n) is 3.00. The van der Waals surface area contributed by atoms with E-state index in [0.29, 0.717) is 11.4 Å². The molecule has 1 saturated heterocycles. The first-order valence-corrected chi connectivity index (χ1v) is 4.19. The Morgan fingerprint density at radius 2 is 2.42 bits per heavy atom. The standard InChI is InChI=1S/C8H12N2O2/c9-6-5-10-12-8(6)7-3-1-2-4-11-7/h5,7H,1-4,9H2. The summed E-state index contributed by atoms with van der Waals surface area (Å²) in [6.45, 7) is 0.796. The van der Waals surface area contributed by atoms with Gasteiger partial charge in [0.05, 0.1) is 11.9 Å². The normalized spacial score (nSPS) is 24.2. The molecule has 1 aromatic heterocycles. The lowest BCUT2D eigenvalue weighted by atomic mass is 10.1. The van der Waals surface area contributed by atoms with Crippen molar-refractivity contribution in [3.05, 3.63) is 12.0 Å². The Balaban J connectivity index is 2.13. The molecule has 1 aliphatic heterocycles. The number of hydrogen-bond donors (Lipinski definition) is 1. The van der Waals surface area contributed by atoms with E-state index in [0.717, 1.165) is 19.4 Å². The average molecular weight is 168 g/mol. The van der Waals surface area contributed by atoms with Gasteiger partial charge in [-0.1, -0.05) is 5.16 Å². The third-order valence-electron chi connectivity index (χ3n) is 2.10. The Hall–Kier alpha value is -1.03. The molecule has 4 heteroatoms. The molecule has 0 spiro atoms. The van der Waals surface area contributed by atoms with E-state index in [-0.39, 0.29) is 6.10 Å². The molecule has 66 valence electrons. The van der Waals surface area contributed by atoms with Crippen molar-refractivity contribution in [3.8, 4) is 0 Å². The van der Waals surface area contributed by atoms with Crippen molar-refractivity contribution in [1.82, 2.24) is 5.16 Å². The van der Waals surface area contributed by atoms with Gasteiger partial charge in [-0.3, -0.25) is 0 Å². The Morgan fingerprint density at radius 1 is 1.50 bits per heavy atom. The van der Waals surface area contributed by atoms with Crippen molar-refractivity contribution < 1.29 is 9.26 Å². The van der Waals surface area contributed by atoms with Crippen LogP contribution in [0.25, 0.3) is 0 Å². The number of hydrogen-bond acceptors (Lipinski definition) is 4. The van der Waals surface area contributed by atoms with Crippen LogP contribution in [0.5, 0.6) is 0 Å². The van der Waals surface area contributed by atoms with Crippen molar-refractivity contribution in [3.63, 3.8) is 0 Å². The number of nitrogens with two attached hydrogens (primary N) is 1. The van der Waals surface area contributed by atoms with Crippen LogP contribution >= 0.6 is 0 Å². The summed E-state index contributed by atoms with van der Waals surface area (Å²) in [5, 5.41) is 3.62. The van der Waals surface area contributed by atoms with E-state index in [1.165, 1.54) is 12.6 Å². The van der Waals surface area contributed by atoms with E-state index < -0.39 is 0 Å². The van der Waals surface area contributed by atoms with Crippen LogP contribution in [-0.4, -0.2) is 11.8 Å². The molecule has 4 nitrogen and oxygen atoms in total. The van der Waals surface area contributed by atoms with Crippen LogP contribution in [0.1, 0.15) is 31.1 Å². The van der Waals surface area contributed by atoms with Crippen molar-refractivity contribution >= 4 is 5.69 Å². The predicted molar refractivity (Wildman–Crippen MR) is 43.5 cm³/mol. The quantitative estimate of drug-likeness (QED) is 0.690. The molecule has 0 amide bonds. The minimum Gasteiger partial charge on any atom is -0.394 e. The highest BCUT2D eigenvalue weighted by Crippen LogP contribution is 2.30. The number of aromatic nitrogens is 1. The van der Waals surface area contributed by atoms with Crippen molar-refractivity contribution in [1.29, 1.82) is 0 Å². The second-order valence-corrected chi connectivity index (χ2v) is 3.00. The Bertz CT molecular complexity index is 253. The van der Waals surface area contributed by atoms with Crippen LogP contribution in [0.4, 0.5) is 5.69 Å². The summed E-state index contributed by atoms with van der Waals surface area (Å²) in [5.41, 5.74) is 6.23. The van der Waals surface area contributed by atoms with Crippen LogP contribution in [0, 0.1) is 0 Å². The van der Waals surface area contributed by atoms with Crippen molar-refractivity contribution in [2.75, 3.05) is 12.3 Å². The summed E-state index contributed by atoms with van der Waals surface area (Å²) in [5.74, 6) is 0.690. The van der Waals surface area contributed by atoms with Crippen LogP contribution < -0.4 is 5.73 Å². The molecule has 1 fully saturated rings. The molecule has 0 radical (unpaired) electrons. The number of nitrogens with zero attached hydrogens (tertiary/aromatic N) is 1. The van der Waals surface area contributed by atoms with E-state index in [1.54, 1.807) is 0 Å². The summed E-state index contributed by atoms with van der Waals surface area (Å²) in [6.07, 6.45) is 4.84. The molecule has 2 N–H and O–H groups in total. The lowest BCUT2D eigenvalue weighted by molar-refractivity contribution is -0.000795. The van der Waals surface area contributed by atoms with Gasteiger partial charge in [0.25, 0.3) is 0 Å². The fraction of sp³-hybridized carbons (Fsp3) is 0.625. The van der Waals surface area contributed by atoms with Gasteiger partial charge in [0.1, 0.15) is 6.10 Å². The highest BCUT2D eigenvalue weighted by atomic mass is 16.5. The van der Waals surface area contributed by atoms with Crippen LogP contribution in [0.3, 0.4) is 0 Å². The largest absolute Gasteiger partial charge is 0.394 e. The van der Waals surface area contributed by atoms with Crippen LogP contribution in [0.15, 0.2) is 10.7 Å². The first-order chi connectivity index (χ1) is 5.88. The number of nitrogen functional groups attached to an aromatic ring is 1. The molecule has 0 bridgehead atoms. The van der Waals surface area contributed by atoms with E-state index in [4.69, 9.17) is 15.0 Å². The van der Waals surface area contributed by atoms with E-state index in [9.17, 15) is 0 Å². The molecule has 0 saturated carbocycles. The number of ether oxygens (including phenoxy) is 1. The lowest BCUT2D eigenvalue weighted by Crippen LogP contribution is -2.11. The van der Waals surface area contributed by atoms with Gasteiger partial charge in [0.15, 0.2) is 5.76 Å². The topological polar surface area (TPSA) is 61.3 Å². The summed E-state index contributed by atoms with van der Waals surface area (Å²) >= 11 is 0. The summed E-state index contributed by atoms with van der Waals surface area (Å²) in [6, 6.07) is 0. The smallest absolute Gasteiger partial charge is 0.188 e. The SMILES string of the molecule is Nc1cnoc1C1CCCCO1. The maximum atomic E-state index is 5.64. The zero-order valence-electron chi connectivity index (χ0n) is 6.82. The monoisotopic (exact) mass is 168 g/mol. The molecule has 1 aromatic rings. The lowest BCUT2D eigenvalue weighted by Gasteiger charge is -2.20. The third-order valence-corrected chi connectivity index (χ3v) is 2.10. The average Bonchev–Trinajstić information content (AvgIpc) is 2.53. The summed E-state index contributed by atoms with van der Waals surface area (Å²) in [4.78, 5) is 0. The van der Waals surface area contributed by atoms with E-state index in [2.05, 4.69) is 5.16 Å². The van der Waals surface area contributed by atoms with E-state index >= 15 is 0 Å². The highest BCUT2D eigenvalue weighted by Gasteiger charge is 2.21. The van der Waals surface area contributed by atoms with Gasteiger partial charge < -0.3 is 15.0 Å². The molecular weight excluding hydrogens is 156 g/mol. The van der Waals surface area contributed by atoms with Gasteiger partial charge in [-0.05, 0) is 19.3 Å². The van der Waals surface area contributed by atoms with Crippen LogP contribution in [0.2, 0.25) is 0 Å². The maximum Gasteiger partial charge on any atom is 0.188 e. The molecule has 0 aliphatic carbocycles. The van der Waals surface area contributed by atoms with Gasteiger partial charge in [-0.25, -0.2) is 0 Å². The minimum atomic E-state index is 0.0289. The third kappa shape index (κ3) is 1.30. The van der Waals surface area contributed by atoms with Gasteiger partial charge in [0, 0.05) is 6.61 Å². The van der Waals surface area contributed by atoms with Gasteiger partial charge in [-0.2, -0.15) is 0 Å². The molecule has 0 aromatic carbocycles. The molecule has 1 unspecified atom stereocenters. The first-order valence-electron chi connectivity index (χ1n) is 4.19. The van der Waals surface area contributed by atoms with E-state index in [1.807, 2.05) is 0 Å². The Labute approximate surface area is 70.7 Å². The predicted octanol–water partition coefficient (Wildman–Crippen LogP) is 1.50. The molecule has 2 rings (SSSR count). The maximum absolute atomic E-state index is 5.64. The summed E-state index contributed by atoms with van der Waals surface area (Å²) in [7, 11) is 0. The molecule has 1 atom stereocenters. The molecule has 2 heterocycles. The second kappa shape index (κ2) is 3.15. The Kier molecular flexibility index (Phi) is 1.99. The van der Waals surface area contributed by atoms with Gasteiger partial charge in [0.2, 0.25) is 0 Å². The van der Waals surface area contributed by atoms with Crippen LogP contribution in [-0.2, 0) is 4.74 Å². The number of rotatable bonds is 1. The van der Waals surface area contributed by atoms with Gasteiger partial charge in [-0.15, -0.1) is 0 Å². The zero-order chi connectivity index (χ0) is 8.39. The van der Waals surface area contributed by atoms with Crippen molar-refractivity contribution in [2.45, 2.75) is 25.4 Å². The minimum absolute atomic E-state index is 0.0289. The van der Waals surface area contributed by atoms with Crippen molar-refractivity contribution in [2.24, 2.45) is 0 Å². The summed E-state index contributed by atoms with van der Waals surface area (Å²) < 4.78 is 10.5. The number of anilines is 1. The highest BCUT2D eigenvalue weighted by molar-refractivity contribution is 5.39. The fourth-order valence-electron chi connectivity index (χ4n) is 1.45. The molecule has 12 heavy (non-hydrogen) atoms. The molecule has 1 aliphatic rings. The first kappa shape index (κ1) is 7.61.